The van der Waals surface area contributed by atoms with Gasteiger partial charge in [0.15, 0.2) is 0 Å². The van der Waals surface area contributed by atoms with Crippen LogP contribution in [0.2, 0.25) is 0 Å². The van der Waals surface area contributed by atoms with Crippen molar-refractivity contribution in [3.63, 3.8) is 0 Å². The fourth-order valence-corrected chi connectivity index (χ4v) is 3.13. The van der Waals surface area contributed by atoms with E-state index in [0.29, 0.717) is 19.1 Å². The number of para-hydroxylation sites is 1. The van der Waals surface area contributed by atoms with Crippen LogP contribution >= 0.6 is 0 Å². The van der Waals surface area contributed by atoms with Crippen LogP contribution in [0.25, 0.3) is 11.1 Å². The molecule has 0 amide bonds. The fourth-order valence-electron chi connectivity index (χ4n) is 3.13. The predicted molar refractivity (Wildman–Crippen MR) is 149 cm³/mol. The summed E-state index contributed by atoms with van der Waals surface area (Å²) >= 11 is 0. The van der Waals surface area contributed by atoms with Crippen LogP contribution in [0.1, 0.15) is 39.5 Å². The molecule has 2 aromatic carbocycles. The molecule has 0 aliphatic carbocycles. The highest BCUT2D eigenvalue weighted by atomic mass is 16.6. The lowest BCUT2D eigenvalue weighted by Gasteiger charge is -2.11. The van der Waals surface area contributed by atoms with Gasteiger partial charge in [0.2, 0.25) is 0 Å². The van der Waals surface area contributed by atoms with E-state index in [2.05, 4.69) is 27.0 Å². The van der Waals surface area contributed by atoms with Crippen LogP contribution in [-0.4, -0.2) is 42.8 Å². The fraction of sp³-hybridized carbons (Fsp3) is 0.323. The smallest absolute Gasteiger partial charge is 0.337 e. The summed E-state index contributed by atoms with van der Waals surface area (Å²) in [4.78, 5) is 32.5. The number of hydrogen-bond donors (Lipinski definition) is 1. The lowest BCUT2D eigenvalue weighted by Crippen LogP contribution is -2.10. The normalized spacial score (nSPS) is 10.3. The molecule has 0 radical (unpaired) electrons. The standard InChI is InChI=1S/C17H16O3.C14H22O4/c1-2-17(18)20-13-12-19-16-11-7-6-10-15(16)14-8-4-3-5-9-14;1-11(2)7-5-4-6-10-18-14(17)12(3)8-9-13(15)16/h2-11H,1,12-13H2;8-9,11H,3-7,10H2,1-2H3,(H,15,16). The lowest BCUT2D eigenvalue weighted by molar-refractivity contribution is -0.139. The van der Waals surface area contributed by atoms with Gasteiger partial charge in [-0.3, -0.25) is 0 Å². The first kappa shape index (κ1) is 31.9. The van der Waals surface area contributed by atoms with Crippen LogP contribution in [0.4, 0.5) is 0 Å². The monoisotopic (exact) mass is 522 g/mol. The molecule has 7 nitrogen and oxygen atoms in total. The van der Waals surface area contributed by atoms with E-state index in [4.69, 9.17) is 19.3 Å². The summed E-state index contributed by atoms with van der Waals surface area (Å²) in [7, 11) is 0. The van der Waals surface area contributed by atoms with Gasteiger partial charge < -0.3 is 19.3 Å². The number of hydrogen-bond acceptors (Lipinski definition) is 6. The molecule has 0 atom stereocenters. The molecule has 0 fully saturated rings. The van der Waals surface area contributed by atoms with E-state index in [1.54, 1.807) is 0 Å². The number of benzene rings is 2. The molecular formula is C31H38O7. The van der Waals surface area contributed by atoms with E-state index >= 15 is 0 Å². The van der Waals surface area contributed by atoms with E-state index in [1.807, 2.05) is 54.6 Å². The second kappa shape index (κ2) is 19.0. The second-order valence-electron chi connectivity index (χ2n) is 8.66. The van der Waals surface area contributed by atoms with Gasteiger partial charge in [-0.1, -0.05) is 94.8 Å². The van der Waals surface area contributed by atoms with Gasteiger partial charge in [0.25, 0.3) is 0 Å². The molecule has 0 aromatic heterocycles. The first-order chi connectivity index (χ1) is 18.2. The highest BCUT2D eigenvalue weighted by molar-refractivity contribution is 5.93. The number of carboxylic acids is 1. The molecule has 0 bridgehead atoms. The number of carbonyl (C=O) groups is 3. The van der Waals surface area contributed by atoms with Crippen LogP contribution in [-0.2, 0) is 23.9 Å². The van der Waals surface area contributed by atoms with Gasteiger partial charge in [-0.05, 0) is 30.0 Å². The van der Waals surface area contributed by atoms with E-state index in [-0.39, 0.29) is 12.2 Å². The zero-order chi connectivity index (χ0) is 28.2. The van der Waals surface area contributed by atoms with Crippen molar-refractivity contribution in [1.29, 1.82) is 0 Å². The molecule has 2 aromatic rings. The van der Waals surface area contributed by atoms with Gasteiger partial charge in [0, 0.05) is 17.7 Å². The van der Waals surface area contributed by atoms with E-state index in [1.165, 1.54) is 6.42 Å². The molecule has 0 unspecified atom stereocenters. The van der Waals surface area contributed by atoms with Gasteiger partial charge in [-0.2, -0.15) is 0 Å². The first-order valence-corrected chi connectivity index (χ1v) is 12.6. The topological polar surface area (TPSA) is 99.1 Å². The number of ether oxygens (including phenoxy) is 3. The summed E-state index contributed by atoms with van der Waals surface area (Å²) in [6.45, 7) is 12.0. The maximum Gasteiger partial charge on any atom is 0.337 e. The van der Waals surface area contributed by atoms with Crippen molar-refractivity contribution in [1.82, 2.24) is 0 Å². The van der Waals surface area contributed by atoms with Crippen molar-refractivity contribution in [2.24, 2.45) is 5.92 Å². The third-order valence-corrected chi connectivity index (χ3v) is 5.07. The molecule has 204 valence electrons. The predicted octanol–water partition coefficient (Wildman–Crippen LogP) is 6.40. The number of rotatable bonds is 15. The minimum absolute atomic E-state index is 0.0552. The zero-order valence-electron chi connectivity index (χ0n) is 22.3. The largest absolute Gasteiger partial charge is 0.489 e. The minimum atomic E-state index is -1.11. The Bertz CT molecular complexity index is 1050. The van der Waals surface area contributed by atoms with Gasteiger partial charge in [-0.15, -0.1) is 0 Å². The highest BCUT2D eigenvalue weighted by Gasteiger charge is 2.06. The molecule has 0 aliphatic rings. The Hall–Kier alpha value is -4.13. The number of aliphatic carboxylic acids is 1. The third kappa shape index (κ3) is 14.4. The van der Waals surface area contributed by atoms with E-state index < -0.39 is 17.9 Å². The molecule has 0 aliphatic heterocycles. The van der Waals surface area contributed by atoms with Gasteiger partial charge in [0.05, 0.1) is 12.2 Å². The van der Waals surface area contributed by atoms with E-state index in [0.717, 1.165) is 54.4 Å². The van der Waals surface area contributed by atoms with Crippen molar-refractivity contribution in [2.45, 2.75) is 39.5 Å². The molecular weight excluding hydrogens is 484 g/mol. The van der Waals surface area contributed by atoms with Gasteiger partial charge in [-0.25, -0.2) is 14.4 Å². The average molecular weight is 523 g/mol. The van der Waals surface area contributed by atoms with Crippen LogP contribution in [0.5, 0.6) is 5.75 Å². The molecule has 7 heteroatoms. The lowest BCUT2D eigenvalue weighted by atomic mass is 10.1. The molecule has 2 rings (SSSR count). The summed E-state index contributed by atoms with van der Waals surface area (Å²) in [5.41, 5.74) is 2.16. The minimum Gasteiger partial charge on any atom is -0.489 e. The van der Waals surface area contributed by atoms with Crippen LogP contribution in [0, 0.1) is 5.92 Å². The first-order valence-electron chi connectivity index (χ1n) is 12.6. The zero-order valence-corrected chi connectivity index (χ0v) is 22.3. The molecule has 1 N–H and O–H groups in total. The van der Waals surface area contributed by atoms with Gasteiger partial charge >= 0.3 is 17.9 Å². The summed E-state index contributed by atoms with van der Waals surface area (Å²) in [5, 5.41) is 8.38. The van der Waals surface area contributed by atoms with Crippen molar-refractivity contribution in [3.8, 4) is 16.9 Å². The maximum absolute atomic E-state index is 11.3. The maximum atomic E-state index is 11.3. The van der Waals surface area contributed by atoms with Crippen LogP contribution in [0.3, 0.4) is 0 Å². The number of esters is 2. The Balaban J connectivity index is 0.000000383. The Labute approximate surface area is 225 Å². The summed E-state index contributed by atoms with van der Waals surface area (Å²) < 4.78 is 15.5. The molecule has 0 spiro atoms. The molecule has 38 heavy (non-hydrogen) atoms. The Morgan fingerprint density at radius 1 is 0.868 bits per heavy atom. The highest BCUT2D eigenvalue weighted by Crippen LogP contribution is 2.29. The Kier molecular flexibility index (Phi) is 16.0. The molecule has 0 heterocycles. The van der Waals surface area contributed by atoms with Crippen molar-refractivity contribution in [3.05, 3.63) is 91.6 Å². The average Bonchev–Trinajstić information content (AvgIpc) is 2.92. The Morgan fingerprint density at radius 3 is 2.21 bits per heavy atom. The van der Waals surface area contributed by atoms with E-state index in [9.17, 15) is 14.4 Å². The van der Waals surface area contributed by atoms with Crippen molar-refractivity contribution >= 4 is 17.9 Å². The number of carboxylic acid groups (broad SMARTS) is 1. The van der Waals surface area contributed by atoms with Crippen molar-refractivity contribution < 1.29 is 33.7 Å². The third-order valence-electron chi connectivity index (χ3n) is 5.07. The van der Waals surface area contributed by atoms with Crippen LogP contribution < -0.4 is 4.74 Å². The summed E-state index contributed by atoms with van der Waals surface area (Å²) in [5.74, 6) is -0.638. The molecule has 0 saturated heterocycles. The number of unbranched alkanes of at least 4 members (excludes halogenated alkanes) is 2. The van der Waals surface area contributed by atoms with Gasteiger partial charge in [0.1, 0.15) is 19.0 Å². The number of carbonyl (C=O) groups excluding carboxylic acids is 2. The summed E-state index contributed by atoms with van der Waals surface area (Å²) in [6.07, 6.45) is 7.32. The SMILES string of the molecule is C=C(C=CC(=O)O)C(=O)OCCCCCC(C)C.C=CC(=O)OCCOc1ccccc1-c1ccccc1. The molecule has 0 saturated carbocycles. The van der Waals surface area contributed by atoms with Crippen LogP contribution in [0.15, 0.2) is 91.6 Å². The quantitative estimate of drug-likeness (QED) is 0.125. The summed E-state index contributed by atoms with van der Waals surface area (Å²) in [6, 6.07) is 17.8. The van der Waals surface area contributed by atoms with Crippen molar-refractivity contribution in [2.75, 3.05) is 19.8 Å². The second-order valence-corrected chi connectivity index (χ2v) is 8.66. The Morgan fingerprint density at radius 2 is 1.55 bits per heavy atom.